The maximum Gasteiger partial charge on any atom is 0.0939 e. The average Bonchev–Trinajstić information content (AvgIpc) is 2.69. The summed E-state index contributed by atoms with van der Waals surface area (Å²) in [6.07, 6.45) is 6.27. The van der Waals surface area contributed by atoms with Gasteiger partial charge in [-0.25, -0.2) is 0 Å². The zero-order chi connectivity index (χ0) is 10.6. The zero-order valence-corrected chi connectivity index (χ0v) is 9.75. The molecule has 0 aromatic rings. The van der Waals surface area contributed by atoms with Gasteiger partial charge in [0.15, 0.2) is 0 Å². The molecule has 0 saturated heterocycles. The molecule has 0 heterocycles. The van der Waals surface area contributed by atoms with Crippen LogP contribution in [-0.2, 0) is 4.74 Å². The Bertz CT molecular complexity index is 158. The topological polar surface area (TPSA) is 29.5 Å². The van der Waals surface area contributed by atoms with Gasteiger partial charge in [-0.1, -0.05) is 39.5 Å². The summed E-state index contributed by atoms with van der Waals surface area (Å²) >= 11 is 0. The fourth-order valence-electron chi connectivity index (χ4n) is 2.76. The van der Waals surface area contributed by atoms with Crippen molar-refractivity contribution in [1.82, 2.24) is 0 Å². The van der Waals surface area contributed by atoms with Gasteiger partial charge in [-0.15, -0.1) is 0 Å². The van der Waals surface area contributed by atoms with Gasteiger partial charge in [-0.3, -0.25) is 0 Å². The molecular weight excluding hydrogens is 176 g/mol. The normalized spacial score (nSPS) is 22.9. The van der Waals surface area contributed by atoms with Crippen LogP contribution in [0.15, 0.2) is 0 Å². The number of methoxy groups -OCH3 is 1. The van der Waals surface area contributed by atoms with Crippen LogP contribution in [0.5, 0.6) is 0 Å². The van der Waals surface area contributed by atoms with Gasteiger partial charge in [0.25, 0.3) is 0 Å². The Morgan fingerprint density at radius 3 is 2.07 bits per heavy atom. The molecule has 2 nitrogen and oxygen atoms in total. The van der Waals surface area contributed by atoms with E-state index in [0.717, 1.165) is 25.7 Å². The largest absolute Gasteiger partial charge is 0.390 e. The third kappa shape index (κ3) is 2.12. The lowest BCUT2D eigenvalue weighted by atomic mass is 9.82. The molecule has 84 valence electrons. The van der Waals surface area contributed by atoms with E-state index in [1.54, 1.807) is 7.11 Å². The Balaban J connectivity index is 2.67. The van der Waals surface area contributed by atoms with Crippen molar-refractivity contribution in [2.24, 2.45) is 5.92 Å². The number of aliphatic hydroxyl groups excluding tert-OH is 1. The minimum absolute atomic E-state index is 0.226. The quantitative estimate of drug-likeness (QED) is 0.739. The van der Waals surface area contributed by atoms with Gasteiger partial charge >= 0.3 is 0 Å². The zero-order valence-electron chi connectivity index (χ0n) is 9.75. The van der Waals surface area contributed by atoms with Crippen LogP contribution in [0, 0.1) is 5.92 Å². The van der Waals surface area contributed by atoms with Gasteiger partial charge in [-0.2, -0.15) is 0 Å². The predicted molar refractivity (Wildman–Crippen MR) is 58.3 cm³/mol. The number of rotatable bonds is 5. The smallest absolute Gasteiger partial charge is 0.0939 e. The van der Waals surface area contributed by atoms with E-state index in [9.17, 15) is 5.11 Å². The first-order valence-electron chi connectivity index (χ1n) is 5.93. The fourth-order valence-corrected chi connectivity index (χ4v) is 2.76. The third-order valence-electron chi connectivity index (χ3n) is 3.89. The predicted octanol–water partition coefficient (Wildman–Crippen LogP) is 2.74. The van der Waals surface area contributed by atoms with Crippen LogP contribution in [0.3, 0.4) is 0 Å². The summed E-state index contributed by atoms with van der Waals surface area (Å²) in [5, 5.41) is 10.3. The molecule has 0 aromatic heterocycles. The molecule has 1 fully saturated rings. The third-order valence-corrected chi connectivity index (χ3v) is 3.89. The van der Waals surface area contributed by atoms with Crippen molar-refractivity contribution in [2.45, 2.75) is 64.1 Å². The molecule has 0 radical (unpaired) electrons. The molecule has 0 bridgehead atoms. The minimum atomic E-state index is -0.273. The first-order chi connectivity index (χ1) is 6.70. The monoisotopic (exact) mass is 200 g/mol. The number of hydrogen-bond acceptors (Lipinski definition) is 2. The lowest BCUT2D eigenvalue weighted by Crippen LogP contribution is -2.45. The molecule has 1 aliphatic rings. The molecule has 0 aromatic carbocycles. The van der Waals surface area contributed by atoms with Crippen molar-refractivity contribution < 1.29 is 9.84 Å². The van der Waals surface area contributed by atoms with Gasteiger partial charge < -0.3 is 9.84 Å². The van der Waals surface area contributed by atoms with Crippen LogP contribution in [0.2, 0.25) is 0 Å². The van der Waals surface area contributed by atoms with Crippen molar-refractivity contribution in [3.05, 3.63) is 0 Å². The fraction of sp³-hybridized carbons (Fsp3) is 1.00. The Hall–Kier alpha value is -0.0800. The highest BCUT2D eigenvalue weighted by molar-refractivity contribution is 4.95. The summed E-state index contributed by atoms with van der Waals surface area (Å²) in [4.78, 5) is 0. The van der Waals surface area contributed by atoms with Crippen molar-refractivity contribution in [3.8, 4) is 0 Å². The maximum atomic E-state index is 10.3. The molecule has 1 atom stereocenters. The molecule has 1 rings (SSSR count). The molecule has 0 amide bonds. The second-order valence-electron chi connectivity index (χ2n) is 4.50. The Morgan fingerprint density at radius 2 is 1.71 bits per heavy atom. The van der Waals surface area contributed by atoms with Gasteiger partial charge in [0.1, 0.15) is 0 Å². The molecule has 0 spiro atoms. The van der Waals surface area contributed by atoms with Crippen molar-refractivity contribution in [2.75, 3.05) is 7.11 Å². The maximum absolute atomic E-state index is 10.3. The van der Waals surface area contributed by atoms with E-state index in [0.29, 0.717) is 5.92 Å². The number of aliphatic hydroxyl groups is 1. The van der Waals surface area contributed by atoms with Gasteiger partial charge in [0, 0.05) is 7.11 Å². The molecule has 2 heteroatoms. The Morgan fingerprint density at radius 1 is 1.21 bits per heavy atom. The summed E-state index contributed by atoms with van der Waals surface area (Å²) in [5.74, 6) is 0.396. The highest BCUT2D eigenvalue weighted by atomic mass is 16.5. The van der Waals surface area contributed by atoms with E-state index in [1.807, 2.05) is 0 Å². The van der Waals surface area contributed by atoms with E-state index < -0.39 is 0 Å². The van der Waals surface area contributed by atoms with Crippen molar-refractivity contribution in [1.29, 1.82) is 0 Å². The van der Waals surface area contributed by atoms with Crippen LogP contribution >= 0.6 is 0 Å². The van der Waals surface area contributed by atoms with Crippen molar-refractivity contribution >= 4 is 0 Å². The van der Waals surface area contributed by atoms with Crippen LogP contribution < -0.4 is 0 Å². The first kappa shape index (κ1) is 12.0. The molecule has 1 unspecified atom stereocenters. The standard InChI is InChI=1S/C12H24O2/c1-4-10(5-2)11(13)12(14-3)8-6-7-9-12/h10-11,13H,4-9H2,1-3H3. The highest BCUT2D eigenvalue weighted by Gasteiger charge is 2.43. The van der Waals surface area contributed by atoms with Gasteiger partial charge in [0.05, 0.1) is 11.7 Å². The lowest BCUT2D eigenvalue weighted by molar-refractivity contribution is -0.121. The Labute approximate surface area is 87.7 Å². The van der Waals surface area contributed by atoms with E-state index in [2.05, 4.69) is 13.8 Å². The number of ether oxygens (including phenoxy) is 1. The molecule has 1 N–H and O–H groups in total. The van der Waals surface area contributed by atoms with Crippen LogP contribution in [0.4, 0.5) is 0 Å². The van der Waals surface area contributed by atoms with Crippen molar-refractivity contribution in [3.63, 3.8) is 0 Å². The summed E-state index contributed by atoms with van der Waals surface area (Å²) in [6.45, 7) is 4.30. The average molecular weight is 200 g/mol. The SMILES string of the molecule is CCC(CC)C(O)C1(OC)CCCC1. The lowest BCUT2D eigenvalue weighted by Gasteiger charge is -2.37. The van der Waals surface area contributed by atoms with E-state index in [-0.39, 0.29) is 11.7 Å². The molecule has 0 aliphatic heterocycles. The summed E-state index contributed by atoms with van der Waals surface area (Å²) in [7, 11) is 1.75. The summed E-state index contributed by atoms with van der Waals surface area (Å²) < 4.78 is 5.60. The molecule has 14 heavy (non-hydrogen) atoms. The van der Waals surface area contributed by atoms with Crippen LogP contribution in [0.1, 0.15) is 52.4 Å². The van der Waals surface area contributed by atoms with E-state index in [1.165, 1.54) is 12.8 Å². The first-order valence-corrected chi connectivity index (χ1v) is 5.93. The second kappa shape index (κ2) is 5.13. The second-order valence-corrected chi connectivity index (χ2v) is 4.50. The van der Waals surface area contributed by atoms with Crippen LogP contribution in [-0.4, -0.2) is 23.9 Å². The van der Waals surface area contributed by atoms with E-state index in [4.69, 9.17) is 4.74 Å². The van der Waals surface area contributed by atoms with Gasteiger partial charge in [-0.05, 0) is 18.8 Å². The molecule has 1 saturated carbocycles. The van der Waals surface area contributed by atoms with Crippen LogP contribution in [0.25, 0.3) is 0 Å². The van der Waals surface area contributed by atoms with E-state index >= 15 is 0 Å². The van der Waals surface area contributed by atoms with Gasteiger partial charge in [0.2, 0.25) is 0 Å². The highest BCUT2D eigenvalue weighted by Crippen LogP contribution is 2.39. The summed E-state index contributed by atoms with van der Waals surface area (Å²) in [5.41, 5.74) is -0.226. The minimum Gasteiger partial charge on any atom is -0.390 e. The Kier molecular flexibility index (Phi) is 4.39. The molecule has 1 aliphatic carbocycles. The summed E-state index contributed by atoms with van der Waals surface area (Å²) in [6, 6.07) is 0. The number of hydrogen-bond donors (Lipinski definition) is 1. The molecular formula is C12H24O2.